The minimum Gasteiger partial charge on any atom is -0.496 e. The van der Waals surface area contributed by atoms with Crippen molar-refractivity contribution in [2.75, 3.05) is 7.11 Å². The first kappa shape index (κ1) is 14.8. The Kier molecular flexibility index (Phi) is 4.37. The lowest BCUT2D eigenvalue weighted by Gasteiger charge is -2.16. The van der Waals surface area contributed by atoms with Gasteiger partial charge in [-0.25, -0.2) is 0 Å². The molecule has 0 aliphatic rings. The Labute approximate surface area is 121 Å². The van der Waals surface area contributed by atoms with Crippen LogP contribution in [-0.2, 0) is 4.79 Å². The summed E-state index contributed by atoms with van der Waals surface area (Å²) in [7, 11) is 1.53. The van der Waals surface area contributed by atoms with E-state index in [1.54, 1.807) is 12.1 Å². The molecule has 1 aromatic heterocycles. The van der Waals surface area contributed by atoms with E-state index in [-0.39, 0.29) is 11.6 Å². The van der Waals surface area contributed by atoms with Crippen molar-refractivity contribution < 1.29 is 24.5 Å². The van der Waals surface area contributed by atoms with Gasteiger partial charge in [0.05, 0.1) is 13.0 Å². The molecule has 0 bridgehead atoms. The Morgan fingerprint density at radius 3 is 2.57 bits per heavy atom. The summed E-state index contributed by atoms with van der Waals surface area (Å²) in [6.45, 7) is 1.85. The summed E-state index contributed by atoms with van der Waals surface area (Å²) < 4.78 is 10.4. The molecule has 0 aliphatic carbocycles. The van der Waals surface area contributed by atoms with Crippen LogP contribution in [0.2, 0.25) is 0 Å². The van der Waals surface area contributed by atoms with Gasteiger partial charge in [-0.1, -0.05) is 25.1 Å². The standard InChI is InChI=1S/C15H17NO5/c1-3-9(10-6-4-5-7-11(10)20-2)15(19)21-12-8-13(17)16-14(12)18/h4-9,16-18H,3H2,1-2H3. The van der Waals surface area contributed by atoms with E-state index in [1.807, 2.05) is 19.1 Å². The molecule has 1 unspecified atom stereocenters. The average Bonchev–Trinajstić information content (AvgIpc) is 2.78. The molecule has 2 rings (SSSR count). The summed E-state index contributed by atoms with van der Waals surface area (Å²) >= 11 is 0. The van der Waals surface area contributed by atoms with Gasteiger partial charge >= 0.3 is 5.97 Å². The molecule has 0 amide bonds. The van der Waals surface area contributed by atoms with Crippen LogP contribution in [0.4, 0.5) is 0 Å². The maximum atomic E-state index is 12.3. The highest BCUT2D eigenvalue weighted by molar-refractivity contribution is 5.81. The van der Waals surface area contributed by atoms with Gasteiger partial charge < -0.3 is 19.7 Å². The summed E-state index contributed by atoms with van der Waals surface area (Å²) in [6.07, 6.45) is 0.510. The van der Waals surface area contributed by atoms with Gasteiger partial charge in [0.25, 0.3) is 0 Å². The third kappa shape index (κ3) is 3.10. The Hall–Kier alpha value is -2.63. The normalized spacial score (nSPS) is 11.9. The largest absolute Gasteiger partial charge is 0.496 e. The molecule has 6 heteroatoms. The first-order valence-electron chi connectivity index (χ1n) is 6.52. The lowest BCUT2D eigenvalue weighted by molar-refractivity contribution is -0.136. The molecular formula is C15H17NO5. The van der Waals surface area contributed by atoms with E-state index in [9.17, 15) is 15.0 Å². The SMILES string of the molecule is CCC(C(=O)Oc1cc(O)[nH]c1O)c1ccccc1OC. The lowest BCUT2D eigenvalue weighted by Crippen LogP contribution is -2.18. The number of H-pyrrole nitrogens is 1. The van der Waals surface area contributed by atoms with Crippen molar-refractivity contribution in [3.8, 4) is 23.3 Å². The highest BCUT2D eigenvalue weighted by atomic mass is 16.5. The quantitative estimate of drug-likeness (QED) is 0.736. The molecule has 0 fully saturated rings. The fraction of sp³-hybridized carbons (Fsp3) is 0.267. The number of methoxy groups -OCH3 is 1. The van der Waals surface area contributed by atoms with Gasteiger partial charge in [0.1, 0.15) is 5.75 Å². The Morgan fingerprint density at radius 1 is 1.29 bits per heavy atom. The smallest absolute Gasteiger partial charge is 0.319 e. The summed E-state index contributed by atoms with van der Waals surface area (Å²) in [5.41, 5.74) is 0.715. The van der Waals surface area contributed by atoms with Crippen molar-refractivity contribution in [3.63, 3.8) is 0 Å². The highest BCUT2D eigenvalue weighted by Crippen LogP contribution is 2.34. The average molecular weight is 291 g/mol. The Balaban J connectivity index is 2.24. The van der Waals surface area contributed by atoms with Gasteiger partial charge in [-0.3, -0.25) is 9.78 Å². The molecule has 0 saturated heterocycles. The molecular weight excluding hydrogens is 274 g/mol. The fourth-order valence-corrected chi connectivity index (χ4v) is 2.14. The number of aromatic amines is 1. The van der Waals surface area contributed by atoms with E-state index in [0.29, 0.717) is 17.7 Å². The van der Waals surface area contributed by atoms with Crippen LogP contribution in [0, 0.1) is 0 Å². The minimum absolute atomic E-state index is 0.106. The van der Waals surface area contributed by atoms with Gasteiger partial charge in [0, 0.05) is 11.6 Å². The molecule has 3 N–H and O–H groups in total. The van der Waals surface area contributed by atoms with Crippen LogP contribution in [0.15, 0.2) is 30.3 Å². The summed E-state index contributed by atoms with van der Waals surface area (Å²) in [6, 6.07) is 8.33. The van der Waals surface area contributed by atoms with Crippen molar-refractivity contribution in [1.82, 2.24) is 4.98 Å². The first-order valence-corrected chi connectivity index (χ1v) is 6.52. The Morgan fingerprint density at radius 2 is 2.00 bits per heavy atom. The van der Waals surface area contributed by atoms with Gasteiger partial charge in [0.2, 0.25) is 5.88 Å². The van der Waals surface area contributed by atoms with Crippen molar-refractivity contribution >= 4 is 5.97 Å². The molecule has 1 atom stereocenters. The number of rotatable bonds is 5. The maximum Gasteiger partial charge on any atom is 0.319 e. The van der Waals surface area contributed by atoms with E-state index in [2.05, 4.69) is 4.98 Å². The molecule has 0 radical (unpaired) electrons. The number of nitrogens with one attached hydrogen (secondary N) is 1. The molecule has 6 nitrogen and oxygen atoms in total. The van der Waals surface area contributed by atoms with Gasteiger partial charge in [-0.15, -0.1) is 0 Å². The van der Waals surface area contributed by atoms with Crippen LogP contribution in [0.3, 0.4) is 0 Å². The van der Waals surface area contributed by atoms with E-state index in [1.165, 1.54) is 7.11 Å². The highest BCUT2D eigenvalue weighted by Gasteiger charge is 2.25. The van der Waals surface area contributed by atoms with Crippen LogP contribution in [0.25, 0.3) is 0 Å². The number of carbonyl (C=O) groups is 1. The number of aromatic nitrogens is 1. The monoisotopic (exact) mass is 291 g/mol. The zero-order chi connectivity index (χ0) is 15.4. The molecule has 21 heavy (non-hydrogen) atoms. The van der Waals surface area contributed by atoms with Gasteiger partial charge in [-0.2, -0.15) is 0 Å². The summed E-state index contributed by atoms with van der Waals surface area (Å²) in [5, 5.41) is 18.7. The third-order valence-electron chi connectivity index (χ3n) is 3.17. The number of hydrogen-bond donors (Lipinski definition) is 3. The predicted octanol–water partition coefficient (Wildman–Crippen LogP) is 2.53. The topological polar surface area (TPSA) is 91.8 Å². The van der Waals surface area contributed by atoms with E-state index >= 15 is 0 Å². The van der Waals surface area contributed by atoms with E-state index in [0.717, 1.165) is 6.07 Å². The van der Waals surface area contributed by atoms with Crippen molar-refractivity contribution in [1.29, 1.82) is 0 Å². The second kappa shape index (κ2) is 6.21. The van der Waals surface area contributed by atoms with E-state index < -0.39 is 17.8 Å². The van der Waals surface area contributed by atoms with Crippen molar-refractivity contribution in [2.45, 2.75) is 19.3 Å². The number of aromatic hydroxyl groups is 2. The molecule has 2 aromatic rings. The second-order valence-corrected chi connectivity index (χ2v) is 4.49. The number of carbonyl (C=O) groups excluding carboxylic acids is 1. The number of ether oxygens (including phenoxy) is 2. The lowest BCUT2D eigenvalue weighted by atomic mass is 9.95. The summed E-state index contributed by atoms with van der Waals surface area (Å²) in [4.78, 5) is 14.5. The maximum absolute atomic E-state index is 12.3. The fourth-order valence-electron chi connectivity index (χ4n) is 2.14. The number of benzene rings is 1. The predicted molar refractivity (Wildman–Crippen MR) is 75.8 cm³/mol. The molecule has 112 valence electrons. The number of esters is 1. The zero-order valence-electron chi connectivity index (χ0n) is 11.8. The van der Waals surface area contributed by atoms with Crippen LogP contribution >= 0.6 is 0 Å². The molecule has 0 spiro atoms. The first-order chi connectivity index (χ1) is 10.1. The van der Waals surface area contributed by atoms with Crippen molar-refractivity contribution in [3.05, 3.63) is 35.9 Å². The van der Waals surface area contributed by atoms with Crippen LogP contribution in [0.1, 0.15) is 24.8 Å². The number of para-hydroxylation sites is 1. The molecule has 0 aliphatic heterocycles. The summed E-state index contributed by atoms with van der Waals surface area (Å²) in [5.74, 6) is -1.24. The Bertz CT molecular complexity index is 635. The van der Waals surface area contributed by atoms with Crippen LogP contribution in [0.5, 0.6) is 23.3 Å². The molecule has 0 saturated carbocycles. The molecule has 1 heterocycles. The van der Waals surface area contributed by atoms with E-state index in [4.69, 9.17) is 9.47 Å². The van der Waals surface area contributed by atoms with Crippen LogP contribution < -0.4 is 9.47 Å². The molecule has 1 aromatic carbocycles. The van der Waals surface area contributed by atoms with Crippen LogP contribution in [-0.4, -0.2) is 28.3 Å². The van der Waals surface area contributed by atoms with Gasteiger partial charge in [0.15, 0.2) is 11.6 Å². The van der Waals surface area contributed by atoms with Gasteiger partial charge in [-0.05, 0) is 12.5 Å². The second-order valence-electron chi connectivity index (χ2n) is 4.49. The number of hydrogen-bond acceptors (Lipinski definition) is 5. The third-order valence-corrected chi connectivity index (χ3v) is 3.17. The van der Waals surface area contributed by atoms with Crippen molar-refractivity contribution in [2.24, 2.45) is 0 Å². The minimum atomic E-state index is -0.531. The zero-order valence-corrected chi connectivity index (χ0v) is 11.8.